The van der Waals surface area contributed by atoms with Crippen LogP contribution in [0.5, 0.6) is 0 Å². The zero-order valence-corrected chi connectivity index (χ0v) is 12.9. The van der Waals surface area contributed by atoms with Crippen molar-refractivity contribution in [1.29, 1.82) is 0 Å². The van der Waals surface area contributed by atoms with E-state index in [1.165, 1.54) is 18.5 Å². The van der Waals surface area contributed by atoms with Gasteiger partial charge in [-0.3, -0.25) is 0 Å². The van der Waals surface area contributed by atoms with Gasteiger partial charge in [-0.05, 0) is 52.9 Å². The van der Waals surface area contributed by atoms with E-state index in [0.717, 1.165) is 16.6 Å². The van der Waals surface area contributed by atoms with Crippen molar-refractivity contribution in [3.63, 3.8) is 0 Å². The van der Waals surface area contributed by atoms with Crippen LogP contribution in [0.15, 0.2) is 27.8 Å². The predicted octanol–water partition coefficient (Wildman–Crippen LogP) is 3.17. The fourth-order valence-corrected chi connectivity index (χ4v) is 2.79. The summed E-state index contributed by atoms with van der Waals surface area (Å²) in [6.07, 6.45) is 2.53. The molecule has 3 N–H and O–H groups in total. The van der Waals surface area contributed by atoms with E-state index in [1.54, 1.807) is 0 Å². The molecule has 2 rings (SSSR count). The van der Waals surface area contributed by atoms with Gasteiger partial charge < -0.3 is 15.8 Å². The van der Waals surface area contributed by atoms with Crippen molar-refractivity contribution in [3.8, 4) is 0 Å². The van der Waals surface area contributed by atoms with Crippen LogP contribution in [0.25, 0.3) is 0 Å². The number of anilines is 1. The monoisotopic (exact) mass is 325 g/mol. The zero-order valence-electron chi connectivity index (χ0n) is 11.3. The van der Waals surface area contributed by atoms with Gasteiger partial charge in [0.1, 0.15) is 0 Å². The van der Waals surface area contributed by atoms with Crippen LogP contribution in [0, 0.1) is 5.92 Å². The Balaban J connectivity index is 2.28. The molecule has 5 heteroatoms. The molecule has 0 heterocycles. The van der Waals surface area contributed by atoms with Gasteiger partial charge in [0, 0.05) is 22.6 Å². The number of nitrogens with zero attached hydrogens (tertiary/aromatic N) is 2. The molecule has 0 spiro atoms. The van der Waals surface area contributed by atoms with E-state index in [0.29, 0.717) is 12.0 Å². The first kappa shape index (κ1) is 14.2. The molecule has 1 aliphatic carbocycles. The first-order valence-corrected chi connectivity index (χ1v) is 7.36. The Labute approximate surface area is 122 Å². The van der Waals surface area contributed by atoms with Gasteiger partial charge in [-0.1, -0.05) is 19.0 Å². The Bertz CT molecular complexity index is 484. The van der Waals surface area contributed by atoms with Gasteiger partial charge in [0.25, 0.3) is 0 Å². The Hall–Kier alpha value is -1.23. The zero-order chi connectivity index (χ0) is 14.0. The number of halogens is 1. The maximum absolute atomic E-state index is 8.71. The molecule has 4 nitrogen and oxygen atoms in total. The third-order valence-electron chi connectivity index (χ3n) is 3.21. The van der Waals surface area contributed by atoms with E-state index in [-0.39, 0.29) is 5.84 Å². The summed E-state index contributed by atoms with van der Waals surface area (Å²) in [5.41, 5.74) is 7.51. The van der Waals surface area contributed by atoms with Crippen LogP contribution < -0.4 is 10.6 Å². The minimum absolute atomic E-state index is 0.133. The van der Waals surface area contributed by atoms with Gasteiger partial charge >= 0.3 is 0 Å². The topological polar surface area (TPSA) is 61.8 Å². The number of hydrogen-bond acceptors (Lipinski definition) is 3. The van der Waals surface area contributed by atoms with E-state index < -0.39 is 0 Å². The van der Waals surface area contributed by atoms with E-state index >= 15 is 0 Å². The number of amidine groups is 1. The Morgan fingerprint density at radius 3 is 2.68 bits per heavy atom. The molecule has 1 saturated carbocycles. The second-order valence-corrected chi connectivity index (χ2v) is 6.28. The van der Waals surface area contributed by atoms with Crippen molar-refractivity contribution in [3.05, 3.63) is 28.2 Å². The summed E-state index contributed by atoms with van der Waals surface area (Å²) < 4.78 is 0.990. The van der Waals surface area contributed by atoms with Crippen molar-refractivity contribution >= 4 is 27.5 Å². The molecular weight excluding hydrogens is 306 g/mol. The summed E-state index contributed by atoms with van der Waals surface area (Å²) in [5, 5.41) is 11.7. The van der Waals surface area contributed by atoms with Crippen LogP contribution in [-0.2, 0) is 0 Å². The molecular formula is C14H20BrN3O. The van der Waals surface area contributed by atoms with Gasteiger partial charge in [0.2, 0.25) is 0 Å². The minimum Gasteiger partial charge on any atom is -0.409 e. The number of oxime groups is 1. The molecule has 0 bridgehead atoms. The van der Waals surface area contributed by atoms with Crippen LogP contribution >= 0.6 is 15.9 Å². The van der Waals surface area contributed by atoms with E-state index in [2.05, 4.69) is 39.8 Å². The second-order valence-electron chi connectivity index (χ2n) is 5.43. The molecule has 1 fully saturated rings. The summed E-state index contributed by atoms with van der Waals surface area (Å²) in [4.78, 5) is 2.45. The van der Waals surface area contributed by atoms with Crippen molar-refractivity contribution in [2.45, 2.75) is 32.7 Å². The van der Waals surface area contributed by atoms with Crippen molar-refractivity contribution in [1.82, 2.24) is 0 Å². The minimum atomic E-state index is 0.133. The fourth-order valence-electron chi connectivity index (χ4n) is 2.18. The Morgan fingerprint density at radius 2 is 2.21 bits per heavy atom. The number of rotatable bonds is 5. The number of nitrogens with two attached hydrogens (primary N) is 1. The highest BCUT2D eigenvalue weighted by molar-refractivity contribution is 9.10. The highest BCUT2D eigenvalue weighted by Gasteiger charge is 2.30. The van der Waals surface area contributed by atoms with Gasteiger partial charge in [0.05, 0.1) is 5.69 Å². The number of benzene rings is 1. The van der Waals surface area contributed by atoms with E-state index in [4.69, 9.17) is 10.9 Å². The van der Waals surface area contributed by atoms with Gasteiger partial charge in [-0.15, -0.1) is 0 Å². The first-order valence-electron chi connectivity index (χ1n) is 6.57. The molecule has 0 aliphatic heterocycles. The van der Waals surface area contributed by atoms with Crippen molar-refractivity contribution < 1.29 is 5.21 Å². The molecule has 0 radical (unpaired) electrons. The molecule has 1 aromatic rings. The molecule has 1 aliphatic rings. The molecule has 0 aromatic heterocycles. The largest absolute Gasteiger partial charge is 0.409 e. The van der Waals surface area contributed by atoms with Gasteiger partial charge in [0.15, 0.2) is 5.84 Å². The van der Waals surface area contributed by atoms with Crippen LogP contribution in [0.3, 0.4) is 0 Å². The first-order chi connectivity index (χ1) is 9.02. The summed E-state index contributed by atoms with van der Waals surface area (Å²) in [5.74, 6) is 0.755. The lowest BCUT2D eigenvalue weighted by Gasteiger charge is -2.28. The molecule has 1 aromatic carbocycles. The van der Waals surface area contributed by atoms with Crippen LogP contribution in [0.1, 0.15) is 32.3 Å². The smallest absolute Gasteiger partial charge is 0.170 e. The third kappa shape index (κ3) is 3.41. The Morgan fingerprint density at radius 1 is 1.53 bits per heavy atom. The maximum Gasteiger partial charge on any atom is 0.170 e. The van der Waals surface area contributed by atoms with Gasteiger partial charge in [-0.25, -0.2) is 0 Å². The summed E-state index contributed by atoms with van der Waals surface area (Å²) in [7, 11) is 0. The SMILES string of the molecule is CC(C)CN(c1ccc(/C(N)=N/O)cc1Br)C1CC1. The maximum atomic E-state index is 8.71. The molecule has 0 amide bonds. The fraction of sp³-hybridized carbons (Fsp3) is 0.500. The van der Waals surface area contributed by atoms with Crippen molar-refractivity contribution in [2.24, 2.45) is 16.8 Å². The lowest BCUT2D eigenvalue weighted by atomic mass is 10.1. The molecule has 0 atom stereocenters. The summed E-state index contributed by atoms with van der Waals surface area (Å²) in [6.45, 7) is 5.51. The lowest BCUT2D eigenvalue weighted by Crippen LogP contribution is -2.30. The number of hydrogen-bond donors (Lipinski definition) is 2. The van der Waals surface area contributed by atoms with E-state index in [9.17, 15) is 0 Å². The quantitative estimate of drug-likeness (QED) is 0.378. The van der Waals surface area contributed by atoms with Crippen molar-refractivity contribution in [2.75, 3.05) is 11.4 Å². The van der Waals surface area contributed by atoms with Gasteiger partial charge in [-0.2, -0.15) is 0 Å². The standard InChI is InChI=1S/C14H20BrN3O/c1-9(2)8-18(11-4-5-11)13-6-3-10(7-12(13)15)14(16)17-19/h3,6-7,9,11,19H,4-5,8H2,1-2H3,(H2,16,17). The molecule has 0 saturated heterocycles. The third-order valence-corrected chi connectivity index (χ3v) is 3.85. The molecule has 0 unspecified atom stereocenters. The highest BCUT2D eigenvalue weighted by Crippen LogP contribution is 2.36. The average Bonchev–Trinajstić information content (AvgIpc) is 3.19. The second kappa shape index (κ2) is 5.82. The molecule has 19 heavy (non-hydrogen) atoms. The summed E-state index contributed by atoms with van der Waals surface area (Å²) in [6, 6.07) is 6.50. The van der Waals surface area contributed by atoms with Crippen LogP contribution in [-0.4, -0.2) is 23.6 Å². The molecule has 104 valence electrons. The van der Waals surface area contributed by atoms with E-state index in [1.807, 2.05) is 18.2 Å². The highest BCUT2D eigenvalue weighted by atomic mass is 79.9. The normalized spacial score (nSPS) is 15.9. The predicted molar refractivity (Wildman–Crippen MR) is 81.9 cm³/mol. The lowest BCUT2D eigenvalue weighted by molar-refractivity contribution is 0.318. The average molecular weight is 326 g/mol. The van der Waals surface area contributed by atoms with Crippen LogP contribution in [0.4, 0.5) is 5.69 Å². The summed E-state index contributed by atoms with van der Waals surface area (Å²) >= 11 is 3.60. The Kier molecular flexibility index (Phi) is 4.34. The van der Waals surface area contributed by atoms with Crippen LogP contribution in [0.2, 0.25) is 0 Å².